The average molecular weight is 475 g/mol. The molecule has 0 saturated carbocycles. The molecule has 5 aromatic rings. The number of rotatable bonds is 7. The SMILES string of the molecule is COC(=O)c1cc(-c2ccc(C)n2Cc2ccccc2)cc(-c2ccc(C)n2Cc2ccccc2)c1. The fourth-order valence-electron chi connectivity index (χ4n) is 4.75. The molecule has 0 unspecified atom stereocenters. The lowest BCUT2D eigenvalue weighted by molar-refractivity contribution is 0.0601. The van der Waals surface area contributed by atoms with Crippen LogP contribution in [-0.2, 0) is 17.8 Å². The quantitative estimate of drug-likeness (QED) is 0.235. The van der Waals surface area contributed by atoms with Gasteiger partial charge in [0, 0.05) is 35.9 Å². The van der Waals surface area contributed by atoms with Gasteiger partial charge in [0.05, 0.1) is 12.7 Å². The van der Waals surface area contributed by atoms with E-state index in [1.54, 1.807) is 0 Å². The number of nitrogens with zero attached hydrogens (tertiary/aromatic N) is 2. The van der Waals surface area contributed by atoms with E-state index in [-0.39, 0.29) is 5.97 Å². The first-order chi connectivity index (χ1) is 17.5. The monoisotopic (exact) mass is 474 g/mol. The molecule has 0 saturated heterocycles. The first-order valence-electron chi connectivity index (χ1n) is 12.2. The van der Waals surface area contributed by atoms with Crippen molar-refractivity contribution in [3.63, 3.8) is 0 Å². The number of carbonyl (C=O) groups excluding carboxylic acids is 1. The maximum absolute atomic E-state index is 12.7. The molecule has 0 atom stereocenters. The Hall–Kier alpha value is -4.31. The summed E-state index contributed by atoms with van der Waals surface area (Å²) in [5.74, 6) is -0.339. The molecule has 36 heavy (non-hydrogen) atoms. The third-order valence-electron chi connectivity index (χ3n) is 6.71. The number of ether oxygens (including phenoxy) is 1. The van der Waals surface area contributed by atoms with Gasteiger partial charge in [-0.3, -0.25) is 0 Å². The summed E-state index contributed by atoms with van der Waals surface area (Å²) in [6.45, 7) is 5.75. The van der Waals surface area contributed by atoms with Crippen molar-refractivity contribution in [2.45, 2.75) is 26.9 Å². The summed E-state index contributed by atoms with van der Waals surface area (Å²) in [6, 6.07) is 35.4. The lowest BCUT2D eigenvalue weighted by Gasteiger charge is -2.16. The Morgan fingerprint density at radius 2 is 1.08 bits per heavy atom. The predicted molar refractivity (Wildman–Crippen MR) is 145 cm³/mol. The van der Waals surface area contributed by atoms with Crippen molar-refractivity contribution < 1.29 is 9.53 Å². The summed E-state index contributed by atoms with van der Waals surface area (Å²) < 4.78 is 9.72. The number of esters is 1. The summed E-state index contributed by atoms with van der Waals surface area (Å²) in [4.78, 5) is 12.7. The lowest BCUT2D eigenvalue weighted by Crippen LogP contribution is -2.07. The van der Waals surface area contributed by atoms with E-state index in [0.717, 1.165) is 35.6 Å². The van der Waals surface area contributed by atoms with Gasteiger partial charge in [0.1, 0.15) is 0 Å². The van der Waals surface area contributed by atoms with Gasteiger partial charge >= 0.3 is 5.97 Å². The molecule has 0 N–H and O–H groups in total. The second-order valence-electron chi connectivity index (χ2n) is 9.15. The van der Waals surface area contributed by atoms with Crippen LogP contribution >= 0.6 is 0 Å². The molecule has 0 aliphatic heterocycles. The molecule has 0 spiro atoms. The molecule has 5 rings (SSSR count). The normalized spacial score (nSPS) is 11.0. The standard InChI is InChI=1S/C32H30N2O2/c1-23-14-16-30(33(23)21-25-10-6-4-7-11-25)27-18-28(20-29(19-27)32(35)36-3)31-17-15-24(2)34(31)22-26-12-8-5-9-13-26/h4-20H,21-22H2,1-3H3. The molecule has 3 aromatic carbocycles. The molecule has 0 aliphatic rings. The Morgan fingerprint density at radius 1 is 0.639 bits per heavy atom. The van der Waals surface area contributed by atoms with Crippen LogP contribution in [0.25, 0.3) is 22.5 Å². The van der Waals surface area contributed by atoms with Crippen LogP contribution in [0.4, 0.5) is 0 Å². The van der Waals surface area contributed by atoms with Gasteiger partial charge in [-0.05, 0) is 78.6 Å². The van der Waals surface area contributed by atoms with Gasteiger partial charge in [-0.15, -0.1) is 0 Å². The van der Waals surface area contributed by atoms with E-state index >= 15 is 0 Å². The van der Waals surface area contributed by atoms with E-state index in [1.807, 2.05) is 24.3 Å². The maximum Gasteiger partial charge on any atom is 0.337 e. The highest BCUT2D eigenvalue weighted by atomic mass is 16.5. The molecular formula is C32H30N2O2. The second kappa shape index (κ2) is 10.1. The van der Waals surface area contributed by atoms with E-state index in [0.29, 0.717) is 5.56 Å². The third kappa shape index (κ3) is 4.76. The van der Waals surface area contributed by atoms with Crippen molar-refractivity contribution >= 4 is 5.97 Å². The van der Waals surface area contributed by atoms with Gasteiger partial charge in [0.25, 0.3) is 0 Å². The number of aryl methyl sites for hydroxylation is 2. The molecule has 4 nitrogen and oxygen atoms in total. The molecular weight excluding hydrogens is 444 g/mol. The van der Waals surface area contributed by atoms with Crippen LogP contribution in [0.15, 0.2) is 103 Å². The molecule has 2 heterocycles. The first-order valence-corrected chi connectivity index (χ1v) is 12.2. The van der Waals surface area contributed by atoms with Gasteiger partial charge in [-0.1, -0.05) is 60.7 Å². The van der Waals surface area contributed by atoms with Crippen LogP contribution in [0.2, 0.25) is 0 Å². The highest BCUT2D eigenvalue weighted by Gasteiger charge is 2.17. The first kappa shape index (κ1) is 23.4. The summed E-state index contributed by atoms with van der Waals surface area (Å²) in [7, 11) is 1.43. The van der Waals surface area contributed by atoms with Crippen molar-refractivity contribution in [2.24, 2.45) is 0 Å². The zero-order chi connectivity index (χ0) is 25.1. The fraction of sp³-hybridized carbons (Fsp3) is 0.156. The molecule has 0 fully saturated rings. The Bertz CT molecular complexity index is 1390. The minimum Gasteiger partial charge on any atom is -0.465 e. The molecule has 4 heteroatoms. The number of hydrogen-bond donors (Lipinski definition) is 0. The van der Waals surface area contributed by atoms with Gasteiger partial charge in [0.15, 0.2) is 0 Å². The summed E-state index contributed by atoms with van der Waals surface area (Å²) >= 11 is 0. The molecule has 2 aromatic heterocycles. The topological polar surface area (TPSA) is 36.2 Å². The molecule has 0 aliphatic carbocycles. The number of hydrogen-bond acceptors (Lipinski definition) is 2. The number of benzene rings is 3. The predicted octanol–water partition coefficient (Wildman–Crippen LogP) is 7.12. The summed E-state index contributed by atoms with van der Waals surface area (Å²) in [5, 5.41) is 0. The van der Waals surface area contributed by atoms with Gasteiger partial charge in [-0.25, -0.2) is 4.79 Å². The minimum atomic E-state index is -0.339. The number of methoxy groups -OCH3 is 1. The van der Waals surface area contributed by atoms with Crippen LogP contribution in [0.1, 0.15) is 32.9 Å². The van der Waals surface area contributed by atoms with Crippen LogP contribution < -0.4 is 0 Å². The van der Waals surface area contributed by atoms with E-state index in [2.05, 4.69) is 102 Å². The van der Waals surface area contributed by atoms with Crippen LogP contribution in [0.5, 0.6) is 0 Å². The Labute approximate surface area is 212 Å². The van der Waals surface area contributed by atoms with Crippen molar-refractivity contribution in [1.29, 1.82) is 0 Å². The van der Waals surface area contributed by atoms with Crippen molar-refractivity contribution in [2.75, 3.05) is 7.11 Å². The molecule has 0 radical (unpaired) electrons. The van der Waals surface area contributed by atoms with E-state index in [1.165, 1.54) is 29.6 Å². The van der Waals surface area contributed by atoms with E-state index in [9.17, 15) is 4.79 Å². The zero-order valence-corrected chi connectivity index (χ0v) is 20.9. The smallest absolute Gasteiger partial charge is 0.337 e. The Kier molecular flexibility index (Phi) is 6.59. The van der Waals surface area contributed by atoms with Gasteiger partial charge in [0.2, 0.25) is 0 Å². The highest BCUT2D eigenvalue weighted by molar-refractivity contribution is 5.93. The van der Waals surface area contributed by atoms with E-state index in [4.69, 9.17) is 4.74 Å². The van der Waals surface area contributed by atoms with Gasteiger partial charge < -0.3 is 13.9 Å². The van der Waals surface area contributed by atoms with Crippen LogP contribution in [0.3, 0.4) is 0 Å². The average Bonchev–Trinajstić information content (AvgIpc) is 3.46. The summed E-state index contributed by atoms with van der Waals surface area (Å²) in [6.07, 6.45) is 0. The largest absolute Gasteiger partial charge is 0.465 e. The van der Waals surface area contributed by atoms with Crippen LogP contribution in [0, 0.1) is 13.8 Å². The zero-order valence-electron chi connectivity index (χ0n) is 20.9. The van der Waals surface area contributed by atoms with E-state index < -0.39 is 0 Å². The van der Waals surface area contributed by atoms with Crippen molar-refractivity contribution in [3.05, 3.63) is 131 Å². The molecule has 0 amide bonds. The third-order valence-corrected chi connectivity index (χ3v) is 6.71. The van der Waals surface area contributed by atoms with Crippen molar-refractivity contribution in [3.8, 4) is 22.5 Å². The number of aromatic nitrogens is 2. The number of carbonyl (C=O) groups is 1. The Balaban J connectivity index is 1.62. The maximum atomic E-state index is 12.7. The Morgan fingerprint density at radius 3 is 1.50 bits per heavy atom. The van der Waals surface area contributed by atoms with Crippen LogP contribution in [-0.4, -0.2) is 22.2 Å². The minimum absolute atomic E-state index is 0.339. The fourth-order valence-corrected chi connectivity index (χ4v) is 4.75. The van der Waals surface area contributed by atoms with Gasteiger partial charge in [-0.2, -0.15) is 0 Å². The molecule has 0 bridgehead atoms. The van der Waals surface area contributed by atoms with Crippen molar-refractivity contribution in [1.82, 2.24) is 9.13 Å². The second-order valence-corrected chi connectivity index (χ2v) is 9.15. The lowest BCUT2D eigenvalue weighted by atomic mass is 10.0. The molecule has 180 valence electrons. The highest BCUT2D eigenvalue weighted by Crippen LogP contribution is 2.32. The summed E-state index contributed by atoms with van der Waals surface area (Å²) in [5.41, 5.74) is 9.46.